The second-order valence-electron chi connectivity index (χ2n) is 4.04. The standard InChI is InChI=1S/C11H18ClN3/c1-5-8(4)15-11-9(7(2)3)10(12)13-6-14-11/h6-8H,5H2,1-4H3,(H,13,14,15). The lowest BCUT2D eigenvalue weighted by molar-refractivity contribution is 0.748. The van der Waals surface area contributed by atoms with Crippen LogP contribution < -0.4 is 5.32 Å². The SMILES string of the molecule is CCC(C)Nc1ncnc(Cl)c1C(C)C. The summed E-state index contributed by atoms with van der Waals surface area (Å²) in [5, 5.41) is 3.89. The van der Waals surface area contributed by atoms with E-state index in [1.807, 2.05) is 0 Å². The Kier molecular flexibility index (Phi) is 4.33. The van der Waals surface area contributed by atoms with Crippen molar-refractivity contribution in [1.82, 2.24) is 9.97 Å². The highest BCUT2D eigenvalue weighted by Gasteiger charge is 2.14. The molecule has 0 fully saturated rings. The van der Waals surface area contributed by atoms with Crippen LogP contribution in [0.15, 0.2) is 6.33 Å². The third-order valence-electron chi connectivity index (χ3n) is 2.41. The normalized spacial score (nSPS) is 12.9. The summed E-state index contributed by atoms with van der Waals surface area (Å²) in [5.74, 6) is 1.18. The van der Waals surface area contributed by atoms with Crippen molar-refractivity contribution in [2.45, 2.75) is 46.1 Å². The molecule has 0 aromatic carbocycles. The zero-order valence-corrected chi connectivity index (χ0v) is 10.5. The predicted molar refractivity (Wildman–Crippen MR) is 64.5 cm³/mol. The van der Waals surface area contributed by atoms with Gasteiger partial charge < -0.3 is 5.32 Å². The number of aromatic nitrogens is 2. The van der Waals surface area contributed by atoms with Gasteiger partial charge in [0.05, 0.1) is 0 Å². The van der Waals surface area contributed by atoms with Gasteiger partial charge in [-0.1, -0.05) is 32.4 Å². The lowest BCUT2D eigenvalue weighted by Crippen LogP contribution is -2.16. The summed E-state index contributed by atoms with van der Waals surface area (Å²) in [6.07, 6.45) is 2.55. The summed E-state index contributed by atoms with van der Waals surface area (Å²) < 4.78 is 0. The van der Waals surface area contributed by atoms with Crippen molar-refractivity contribution in [2.24, 2.45) is 0 Å². The number of nitrogens with zero attached hydrogens (tertiary/aromatic N) is 2. The van der Waals surface area contributed by atoms with Gasteiger partial charge in [0.2, 0.25) is 0 Å². The van der Waals surface area contributed by atoms with Gasteiger partial charge in [-0.05, 0) is 19.3 Å². The maximum Gasteiger partial charge on any atom is 0.138 e. The van der Waals surface area contributed by atoms with Crippen LogP contribution in [0, 0.1) is 0 Å². The summed E-state index contributed by atoms with van der Waals surface area (Å²) >= 11 is 6.06. The van der Waals surface area contributed by atoms with Gasteiger partial charge in [0, 0.05) is 11.6 Å². The Morgan fingerprint density at radius 1 is 1.33 bits per heavy atom. The van der Waals surface area contributed by atoms with Crippen molar-refractivity contribution in [3.05, 3.63) is 17.0 Å². The molecule has 1 heterocycles. The van der Waals surface area contributed by atoms with Crippen LogP contribution in [-0.4, -0.2) is 16.0 Å². The predicted octanol–water partition coefficient (Wildman–Crippen LogP) is 3.46. The summed E-state index contributed by atoms with van der Waals surface area (Å²) in [6, 6.07) is 0.397. The van der Waals surface area contributed by atoms with Crippen LogP contribution in [0.4, 0.5) is 5.82 Å². The fourth-order valence-corrected chi connectivity index (χ4v) is 1.69. The Hall–Kier alpha value is -0.830. The monoisotopic (exact) mass is 227 g/mol. The number of halogens is 1. The van der Waals surface area contributed by atoms with Gasteiger partial charge in [0.15, 0.2) is 0 Å². The summed E-state index contributed by atoms with van der Waals surface area (Å²) in [7, 11) is 0. The molecule has 0 saturated heterocycles. The molecule has 0 spiro atoms. The van der Waals surface area contributed by atoms with Crippen molar-refractivity contribution < 1.29 is 0 Å². The number of rotatable bonds is 4. The van der Waals surface area contributed by atoms with E-state index in [2.05, 4.69) is 43.0 Å². The molecule has 0 aliphatic carbocycles. The average Bonchev–Trinajstić information content (AvgIpc) is 2.17. The first-order valence-corrected chi connectivity index (χ1v) is 5.71. The molecule has 1 N–H and O–H groups in total. The largest absolute Gasteiger partial charge is 0.367 e. The van der Waals surface area contributed by atoms with E-state index in [1.54, 1.807) is 0 Å². The van der Waals surface area contributed by atoms with Crippen molar-refractivity contribution >= 4 is 17.4 Å². The second kappa shape index (κ2) is 5.31. The summed E-state index contributed by atoms with van der Waals surface area (Å²) in [4.78, 5) is 8.25. The maximum atomic E-state index is 6.06. The highest BCUT2D eigenvalue weighted by atomic mass is 35.5. The van der Waals surface area contributed by atoms with Crippen LogP contribution in [0.3, 0.4) is 0 Å². The van der Waals surface area contributed by atoms with Crippen LogP contribution >= 0.6 is 11.6 Å². The van der Waals surface area contributed by atoms with E-state index in [4.69, 9.17) is 11.6 Å². The average molecular weight is 228 g/mol. The van der Waals surface area contributed by atoms with Crippen LogP contribution in [0.2, 0.25) is 5.15 Å². The fourth-order valence-electron chi connectivity index (χ4n) is 1.34. The molecule has 1 unspecified atom stereocenters. The van der Waals surface area contributed by atoms with E-state index in [0.717, 1.165) is 17.8 Å². The third-order valence-corrected chi connectivity index (χ3v) is 2.71. The molecular formula is C11H18ClN3. The molecule has 0 aliphatic rings. The first-order chi connectivity index (χ1) is 7.06. The Labute approximate surface area is 96.3 Å². The lowest BCUT2D eigenvalue weighted by atomic mass is 10.1. The molecule has 0 amide bonds. The zero-order chi connectivity index (χ0) is 11.4. The van der Waals surface area contributed by atoms with E-state index in [0.29, 0.717) is 17.1 Å². The zero-order valence-electron chi connectivity index (χ0n) is 9.71. The molecule has 1 rings (SSSR count). The molecule has 4 heteroatoms. The summed E-state index contributed by atoms with van der Waals surface area (Å²) in [5.41, 5.74) is 1.000. The van der Waals surface area contributed by atoms with Gasteiger partial charge in [-0.25, -0.2) is 9.97 Å². The lowest BCUT2D eigenvalue weighted by Gasteiger charge is -2.17. The second-order valence-corrected chi connectivity index (χ2v) is 4.39. The van der Waals surface area contributed by atoms with Crippen molar-refractivity contribution in [3.63, 3.8) is 0 Å². The third kappa shape index (κ3) is 3.06. The van der Waals surface area contributed by atoms with Crippen LogP contribution in [0.25, 0.3) is 0 Å². The van der Waals surface area contributed by atoms with Crippen molar-refractivity contribution in [3.8, 4) is 0 Å². The summed E-state index contributed by atoms with van der Waals surface area (Å²) in [6.45, 7) is 8.44. The topological polar surface area (TPSA) is 37.8 Å². The minimum absolute atomic E-state index is 0.324. The quantitative estimate of drug-likeness (QED) is 0.801. The Balaban J connectivity index is 3.00. The van der Waals surface area contributed by atoms with Crippen LogP contribution in [-0.2, 0) is 0 Å². The maximum absolute atomic E-state index is 6.06. The van der Waals surface area contributed by atoms with Gasteiger partial charge in [-0.3, -0.25) is 0 Å². The number of hydrogen-bond donors (Lipinski definition) is 1. The van der Waals surface area contributed by atoms with Gasteiger partial charge in [0.1, 0.15) is 17.3 Å². The highest BCUT2D eigenvalue weighted by Crippen LogP contribution is 2.28. The molecule has 0 aliphatic heterocycles. The minimum atomic E-state index is 0.324. The molecule has 1 atom stereocenters. The smallest absolute Gasteiger partial charge is 0.138 e. The first-order valence-electron chi connectivity index (χ1n) is 5.33. The van der Waals surface area contributed by atoms with Gasteiger partial charge in [0.25, 0.3) is 0 Å². The molecule has 0 bridgehead atoms. The van der Waals surface area contributed by atoms with E-state index in [-0.39, 0.29) is 0 Å². The number of anilines is 1. The van der Waals surface area contributed by atoms with Crippen LogP contribution in [0.1, 0.15) is 45.6 Å². The molecule has 84 valence electrons. The highest BCUT2D eigenvalue weighted by molar-refractivity contribution is 6.30. The van der Waals surface area contributed by atoms with E-state index in [1.165, 1.54) is 6.33 Å². The van der Waals surface area contributed by atoms with Crippen molar-refractivity contribution in [1.29, 1.82) is 0 Å². The van der Waals surface area contributed by atoms with Gasteiger partial charge in [-0.2, -0.15) is 0 Å². The number of nitrogens with one attached hydrogen (secondary N) is 1. The molecule has 0 radical (unpaired) electrons. The molecule has 3 nitrogen and oxygen atoms in total. The van der Waals surface area contributed by atoms with Crippen LogP contribution in [0.5, 0.6) is 0 Å². The molecule has 15 heavy (non-hydrogen) atoms. The number of hydrogen-bond acceptors (Lipinski definition) is 3. The minimum Gasteiger partial charge on any atom is -0.367 e. The molecule has 0 saturated carbocycles. The molecular weight excluding hydrogens is 210 g/mol. The van der Waals surface area contributed by atoms with Gasteiger partial charge in [-0.15, -0.1) is 0 Å². The Bertz CT molecular complexity index is 326. The van der Waals surface area contributed by atoms with E-state index < -0.39 is 0 Å². The first kappa shape index (κ1) is 12.2. The Morgan fingerprint density at radius 2 is 2.00 bits per heavy atom. The molecule has 1 aromatic rings. The fraction of sp³-hybridized carbons (Fsp3) is 0.636. The van der Waals surface area contributed by atoms with Crippen molar-refractivity contribution in [2.75, 3.05) is 5.32 Å². The van der Waals surface area contributed by atoms with E-state index >= 15 is 0 Å². The van der Waals surface area contributed by atoms with Gasteiger partial charge >= 0.3 is 0 Å². The molecule has 1 aromatic heterocycles. The van der Waals surface area contributed by atoms with E-state index in [9.17, 15) is 0 Å². The Morgan fingerprint density at radius 3 is 2.53 bits per heavy atom.